The van der Waals surface area contributed by atoms with Gasteiger partial charge in [0.05, 0.1) is 0 Å². The number of hydrogen-bond acceptors (Lipinski definition) is 13. The molecule has 18 nitrogen and oxygen atoms in total. The Morgan fingerprint density at radius 2 is 1.00 bits per heavy atom. The maximum absolute atomic E-state index is 13.6. The van der Waals surface area contributed by atoms with Gasteiger partial charge in [-0.15, -0.1) is 0 Å². The van der Waals surface area contributed by atoms with Crippen LogP contribution in [0.4, 0.5) is 0 Å². The molecular formula is C30H56N10O8S4. The third kappa shape index (κ3) is 20.8. The fraction of sp³-hybridized carbons (Fsp3) is 0.733. The molecule has 0 fully saturated rings. The molecule has 0 rings (SSSR count). The average Bonchev–Trinajstić information content (AvgIpc) is 3.09. The van der Waals surface area contributed by atoms with E-state index in [1.54, 1.807) is 6.26 Å². The van der Waals surface area contributed by atoms with Crippen LogP contribution >= 0.6 is 48.8 Å². The van der Waals surface area contributed by atoms with E-state index in [1.807, 2.05) is 6.26 Å². The summed E-state index contributed by atoms with van der Waals surface area (Å²) >= 11 is 11.3. The smallest absolute Gasteiger partial charge is 0.326 e. The lowest BCUT2D eigenvalue weighted by molar-refractivity contribution is -0.142. The molecule has 0 unspecified atom stereocenters. The van der Waals surface area contributed by atoms with Crippen LogP contribution in [-0.2, 0) is 33.6 Å². The van der Waals surface area contributed by atoms with E-state index in [4.69, 9.17) is 17.2 Å². The van der Waals surface area contributed by atoms with Gasteiger partial charge in [-0.3, -0.25) is 33.8 Å². The van der Waals surface area contributed by atoms with Crippen molar-refractivity contribution >= 4 is 96.2 Å². The molecule has 0 saturated carbocycles. The zero-order valence-corrected chi connectivity index (χ0v) is 33.3. The van der Waals surface area contributed by atoms with Crippen LogP contribution in [0, 0.1) is 0 Å². The Labute approximate surface area is 324 Å². The van der Waals surface area contributed by atoms with Crippen molar-refractivity contribution in [1.82, 2.24) is 31.9 Å². The van der Waals surface area contributed by atoms with Crippen LogP contribution in [0.2, 0.25) is 0 Å². The average molecular weight is 813 g/mol. The quantitative estimate of drug-likeness (QED) is 0.0169. The van der Waals surface area contributed by atoms with Crippen molar-refractivity contribution in [2.75, 3.05) is 48.6 Å². The van der Waals surface area contributed by atoms with Crippen LogP contribution < -0.4 is 49.1 Å². The topological polar surface area (TPSA) is 302 Å². The van der Waals surface area contributed by atoms with Gasteiger partial charge in [-0.1, -0.05) is 0 Å². The summed E-state index contributed by atoms with van der Waals surface area (Å²) in [6.45, 7) is 1.72. The van der Waals surface area contributed by atoms with Gasteiger partial charge in [-0.2, -0.15) is 48.8 Å². The number of rotatable bonds is 28. The highest BCUT2D eigenvalue weighted by atomic mass is 32.2. The maximum Gasteiger partial charge on any atom is 0.326 e. The Balaban J connectivity index is 6.03. The number of nitrogens with one attached hydrogen (secondary N) is 6. The monoisotopic (exact) mass is 812 g/mol. The second kappa shape index (κ2) is 28.4. The molecule has 0 aliphatic carbocycles. The Bertz CT molecular complexity index is 1200. The molecule has 52 heavy (non-hydrogen) atoms. The lowest BCUT2D eigenvalue weighted by Gasteiger charge is -2.27. The molecule has 0 heterocycles. The van der Waals surface area contributed by atoms with E-state index in [1.165, 1.54) is 30.4 Å². The Hall–Kier alpha value is -3.08. The zero-order chi connectivity index (χ0) is 39.6. The van der Waals surface area contributed by atoms with Crippen LogP contribution in [0.3, 0.4) is 0 Å². The number of nitrogens with zero attached hydrogens (tertiary/aromatic N) is 1. The number of nitrogens with two attached hydrogens (primary N) is 3. The van der Waals surface area contributed by atoms with Gasteiger partial charge in [-0.25, -0.2) is 4.79 Å². The summed E-state index contributed by atoms with van der Waals surface area (Å²) in [5, 5.41) is 24.9. The van der Waals surface area contributed by atoms with Crippen LogP contribution in [0.5, 0.6) is 0 Å². The summed E-state index contributed by atoms with van der Waals surface area (Å²) in [7, 11) is 0. The molecule has 0 aromatic carbocycles. The number of unbranched alkanes of at least 4 members (excludes halogenated alkanes) is 1. The van der Waals surface area contributed by atoms with E-state index in [0.717, 1.165) is 0 Å². The lowest BCUT2D eigenvalue weighted by Crippen LogP contribution is -2.60. The summed E-state index contributed by atoms with van der Waals surface area (Å²) in [6.07, 6.45) is 5.50. The second-order valence-electron chi connectivity index (χ2n) is 11.6. The summed E-state index contributed by atoms with van der Waals surface area (Å²) in [4.78, 5) is 93.8. The molecule has 22 heteroatoms. The van der Waals surface area contributed by atoms with E-state index in [-0.39, 0.29) is 49.7 Å². The summed E-state index contributed by atoms with van der Waals surface area (Å²) in [6, 6.07) is -6.93. The summed E-state index contributed by atoms with van der Waals surface area (Å²) in [5.41, 5.74) is 16.4. The van der Waals surface area contributed by atoms with Crippen LogP contribution in [-0.4, -0.2) is 137 Å². The number of aliphatic carboxylic acids is 1. The first-order valence-electron chi connectivity index (χ1n) is 16.6. The normalized spacial score (nSPS) is 14.3. The van der Waals surface area contributed by atoms with Crippen molar-refractivity contribution in [2.45, 2.75) is 88.1 Å². The summed E-state index contributed by atoms with van der Waals surface area (Å²) in [5.74, 6) is -4.73. The number of carbonyl (C=O) groups is 7. The van der Waals surface area contributed by atoms with Crippen molar-refractivity contribution in [2.24, 2.45) is 22.2 Å². The number of carboxylic acids is 1. The first-order chi connectivity index (χ1) is 24.6. The minimum Gasteiger partial charge on any atom is -0.480 e. The minimum atomic E-state index is -1.28. The molecule has 0 aliphatic rings. The number of thioether (sulfide) groups is 2. The maximum atomic E-state index is 13.6. The molecule has 0 saturated heterocycles. The van der Waals surface area contributed by atoms with Gasteiger partial charge >= 0.3 is 5.97 Å². The number of carboxylic acid groups (broad SMARTS) is 1. The van der Waals surface area contributed by atoms with Crippen molar-refractivity contribution in [3.63, 3.8) is 0 Å². The van der Waals surface area contributed by atoms with E-state index < -0.39 is 77.7 Å². The van der Waals surface area contributed by atoms with Gasteiger partial charge in [0.1, 0.15) is 36.3 Å². The molecule has 13 N–H and O–H groups in total. The Kier molecular flexibility index (Phi) is 26.7. The number of hydrogen-bond donors (Lipinski definition) is 12. The number of amides is 6. The predicted molar refractivity (Wildman–Crippen MR) is 211 cm³/mol. The van der Waals surface area contributed by atoms with E-state index in [2.05, 4.69) is 62.2 Å². The molecule has 0 aromatic rings. The fourth-order valence-electron chi connectivity index (χ4n) is 4.53. The highest BCUT2D eigenvalue weighted by molar-refractivity contribution is 7.98. The van der Waals surface area contributed by atoms with Crippen molar-refractivity contribution < 1.29 is 38.7 Å². The van der Waals surface area contributed by atoms with Crippen molar-refractivity contribution in [3.05, 3.63) is 0 Å². The highest BCUT2D eigenvalue weighted by Gasteiger charge is 2.32. The molecule has 6 atom stereocenters. The molecule has 0 aliphatic heterocycles. The van der Waals surface area contributed by atoms with Gasteiger partial charge < -0.3 is 54.2 Å². The Morgan fingerprint density at radius 1 is 0.615 bits per heavy atom. The van der Waals surface area contributed by atoms with Crippen molar-refractivity contribution in [1.29, 1.82) is 0 Å². The van der Waals surface area contributed by atoms with Gasteiger partial charge in [-0.05, 0) is 75.5 Å². The SMILES string of the molecule is CSCC[C@H](NC(=O)[C@H](CCCCN)NC(=O)[C@H](CCCN=C(N)N)NC(=O)[C@H](CS)NC(=O)[C@H](CS)NC(=O)[C@H](CCSC)NC(C)=O)C(=O)O. The highest BCUT2D eigenvalue weighted by Crippen LogP contribution is 2.08. The summed E-state index contributed by atoms with van der Waals surface area (Å²) < 4.78 is 0. The fourth-order valence-corrected chi connectivity index (χ4v) is 5.98. The Morgan fingerprint density at radius 3 is 1.38 bits per heavy atom. The predicted octanol–water partition coefficient (Wildman–Crippen LogP) is -2.45. The molecule has 298 valence electrons. The molecule has 0 radical (unpaired) electrons. The second-order valence-corrected chi connectivity index (χ2v) is 14.3. The van der Waals surface area contributed by atoms with Crippen LogP contribution in [0.1, 0.15) is 51.9 Å². The van der Waals surface area contributed by atoms with Crippen LogP contribution in [0.15, 0.2) is 4.99 Å². The van der Waals surface area contributed by atoms with Gasteiger partial charge in [0.25, 0.3) is 0 Å². The molecule has 0 aromatic heterocycles. The van der Waals surface area contributed by atoms with Gasteiger partial charge in [0.2, 0.25) is 35.4 Å². The van der Waals surface area contributed by atoms with E-state index >= 15 is 0 Å². The molecule has 6 amide bonds. The number of carbonyl (C=O) groups excluding carboxylic acids is 6. The molecular weight excluding hydrogens is 757 g/mol. The molecule has 0 spiro atoms. The van der Waals surface area contributed by atoms with E-state index in [0.29, 0.717) is 37.3 Å². The first-order valence-corrected chi connectivity index (χ1v) is 20.7. The minimum absolute atomic E-state index is 0.0140. The first kappa shape index (κ1) is 48.9. The third-order valence-electron chi connectivity index (χ3n) is 7.32. The van der Waals surface area contributed by atoms with Crippen LogP contribution in [0.25, 0.3) is 0 Å². The third-order valence-corrected chi connectivity index (χ3v) is 9.34. The van der Waals surface area contributed by atoms with Gasteiger partial charge in [0, 0.05) is 25.0 Å². The number of aliphatic imine (C=N–C) groups is 1. The zero-order valence-electron chi connectivity index (χ0n) is 29.9. The van der Waals surface area contributed by atoms with Crippen molar-refractivity contribution in [3.8, 4) is 0 Å². The van der Waals surface area contributed by atoms with E-state index in [9.17, 15) is 38.7 Å². The largest absolute Gasteiger partial charge is 0.480 e. The number of guanidine groups is 1. The lowest BCUT2D eigenvalue weighted by atomic mass is 10.1. The van der Waals surface area contributed by atoms with Gasteiger partial charge in [0.15, 0.2) is 5.96 Å². The molecule has 0 bridgehead atoms. The standard InChI is InChI=1S/C30H56N10O8S4/c1-17(41)35-20(9-13-51-2)26(44)39-23(16-50)28(46)40-22(15-49)27(45)37-19(8-6-12-34-30(32)33)24(42)36-18(7-4-5-11-31)25(43)38-21(29(47)48)10-14-52-3/h18-23,49-50H,4-16,31H2,1-3H3,(H,35,41)(H,36,42)(H,37,45)(H,38,43)(H,39,44)(H,40,46)(H,47,48)(H4,32,33,34)/t18-,19-,20-,21-,22-,23-/m0/s1. The number of thiol groups is 2.